The first-order chi connectivity index (χ1) is 4.27. The van der Waals surface area contributed by atoms with Crippen molar-refractivity contribution in [2.45, 2.75) is 19.3 Å². The molecule has 0 aliphatic carbocycles. The molecule has 0 saturated carbocycles. The van der Waals surface area contributed by atoms with Crippen LogP contribution in [0.2, 0.25) is 0 Å². The molecule has 54 valence electrons. The van der Waals surface area contributed by atoms with Gasteiger partial charge in [0.2, 0.25) is 0 Å². The molecule has 0 aromatic rings. The molecule has 3 heteroatoms. The zero-order valence-corrected chi connectivity index (χ0v) is 7.31. The van der Waals surface area contributed by atoms with Crippen LogP contribution >= 0.6 is 34.8 Å². The fourth-order valence-corrected chi connectivity index (χ4v) is 0.857. The molecule has 0 amide bonds. The molecule has 0 spiro atoms. The van der Waals surface area contributed by atoms with Crippen LogP contribution in [0.3, 0.4) is 0 Å². The van der Waals surface area contributed by atoms with Gasteiger partial charge in [0.15, 0.2) is 0 Å². The maximum Gasteiger partial charge on any atom is 0.102 e. The molecule has 0 fully saturated rings. The van der Waals surface area contributed by atoms with Crippen LogP contribution in [0.4, 0.5) is 0 Å². The minimum atomic E-state index is 0.351. The zero-order valence-electron chi connectivity index (χ0n) is 5.04. The van der Waals surface area contributed by atoms with Crippen LogP contribution in [0.1, 0.15) is 19.3 Å². The molecule has 0 heterocycles. The van der Waals surface area contributed by atoms with Crippen LogP contribution in [-0.4, -0.2) is 5.88 Å². The number of rotatable bonds is 4. The first-order valence-corrected chi connectivity index (χ1v) is 4.13. The molecule has 0 unspecified atom stereocenters. The van der Waals surface area contributed by atoms with Gasteiger partial charge in [0, 0.05) is 5.88 Å². The van der Waals surface area contributed by atoms with E-state index in [0.717, 1.165) is 19.3 Å². The van der Waals surface area contributed by atoms with Gasteiger partial charge >= 0.3 is 0 Å². The fraction of sp³-hybridized carbons (Fsp3) is 0.667. The molecule has 0 aromatic carbocycles. The van der Waals surface area contributed by atoms with Crippen molar-refractivity contribution in [2.75, 3.05) is 5.88 Å². The summed E-state index contributed by atoms with van der Waals surface area (Å²) in [5, 5.41) is 0. The van der Waals surface area contributed by atoms with E-state index in [-0.39, 0.29) is 0 Å². The van der Waals surface area contributed by atoms with E-state index in [1.54, 1.807) is 6.08 Å². The average molecular weight is 187 g/mol. The lowest BCUT2D eigenvalue weighted by Crippen LogP contribution is -1.73. The smallest absolute Gasteiger partial charge is 0.102 e. The largest absolute Gasteiger partial charge is 0.127 e. The highest BCUT2D eigenvalue weighted by molar-refractivity contribution is 6.55. The van der Waals surface area contributed by atoms with Gasteiger partial charge in [-0.05, 0) is 19.3 Å². The predicted molar refractivity (Wildman–Crippen MR) is 44.4 cm³/mol. The molecule has 0 bridgehead atoms. The van der Waals surface area contributed by atoms with Crippen molar-refractivity contribution in [1.29, 1.82) is 0 Å². The van der Waals surface area contributed by atoms with E-state index in [1.165, 1.54) is 0 Å². The lowest BCUT2D eigenvalue weighted by Gasteiger charge is -1.89. The first kappa shape index (κ1) is 9.61. The highest BCUT2D eigenvalue weighted by Crippen LogP contribution is 2.09. The minimum Gasteiger partial charge on any atom is -0.127 e. The van der Waals surface area contributed by atoms with Gasteiger partial charge in [-0.3, -0.25) is 0 Å². The van der Waals surface area contributed by atoms with E-state index in [1.807, 2.05) is 0 Å². The summed E-state index contributed by atoms with van der Waals surface area (Å²) in [6.45, 7) is 0. The zero-order chi connectivity index (χ0) is 7.11. The van der Waals surface area contributed by atoms with E-state index in [0.29, 0.717) is 10.4 Å². The Kier molecular flexibility index (Phi) is 7.18. The van der Waals surface area contributed by atoms with Crippen molar-refractivity contribution in [3.63, 3.8) is 0 Å². The Labute approximate surface area is 70.8 Å². The number of halogens is 3. The quantitative estimate of drug-likeness (QED) is 0.465. The monoisotopic (exact) mass is 186 g/mol. The van der Waals surface area contributed by atoms with Gasteiger partial charge in [0.1, 0.15) is 4.49 Å². The highest BCUT2D eigenvalue weighted by Gasteiger charge is 1.84. The van der Waals surface area contributed by atoms with Crippen LogP contribution in [-0.2, 0) is 0 Å². The summed E-state index contributed by atoms with van der Waals surface area (Å²) in [5.74, 6) is 0.716. The van der Waals surface area contributed by atoms with Gasteiger partial charge < -0.3 is 0 Å². The Morgan fingerprint density at radius 2 is 1.89 bits per heavy atom. The van der Waals surface area contributed by atoms with E-state index >= 15 is 0 Å². The van der Waals surface area contributed by atoms with Crippen LogP contribution in [0.5, 0.6) is 0 Å². The van der Waals surface area contributed by atoms with Crippen LogP contribution < -0.4 is 0 Å². The van der Waals surface area contributed by atoms with E-state index in [4.69, 9.17) is 34.8 Å². The average Bonchev–Trinajstić information content (AvgIpc) is 1.80. The van der Waals surface area contributed by atoms with Gasteiger partial charge in [-0.2, -0.15) is 0 Å². The van der Waals surface area contributed by atoms with Crippen molar-refractivity contribution >= 4 is 34.8 Å². The third kappa shape index (κ3) is 8.61. The van der Waals surface area contributed by atoms with Crippen molar-refractivity contribution in [1.82, 2.24) is 0 Å². The van der Waals surface area contributed by atoms with Gasteiger partial charge in [-0.15, -0.1) is 11.6 Å². The Morgan fingerprint density at radius 1 is 1.22 bits per heavy atom. The standard InChI is InChI=1S/C6H9Cl3/c7-5-3-1-2-4-6(8)9/h4H,1-3,5H2. The molecule has 0 aromatic heterocycles. The molecule has 0 aliphatic heterocycles. The maximum atomic E-state index is 5.43. The maximum absolute atomic E-state index is 5.43. The van der Waals surface area contributed by atoms with Crippen molar-refractivity contribution in [3.05, 3.63) is 10.6 Å². The van der Waals surface area contributed by atoms with E-state index < -0.39 is 0 Å². The normalized spacial score (nSPS) is 9.22. The first-order valence-electron chi connectivity index (χ1n) is 2.84. The van der Waals surface area contributed by atoms with Crippen molar-refractivity contribution in [2.24, 2.45) is 0 Å². The predicted octanol–water partition coefficient (Wildman–Crippen LogP) is 3.71. The molecule has 0 atom stereocenters. The molecular formula is C6H9Cl3. The van der Waals surface area contributed by atoms with E-state index in [9.17, 15) is 0 Å². The van der Waals surface area contributed by atoms with Crippen LogP contribution in [0, 0.1) is 0 Å². The number of hydrogen-bond acceptors (Lipinski definition) is 0. The van der Waals surface area contributed by atoms with Crippen molar-refractivity contribution in [3.8, 4) is 0 Å². The van der Waals surface area contributed by atoms with Crippen LogP contribution in [0.25, 0.3) is 0 Å². The van der Waals surface area contributed by atoms with Crippen molar-refractivity contribution < 1.29 is 0 Å². The summed E-state index contributed by atoms with van der Waals surface area (Å²) in [5.41, 5.74) is 0. The number of unbranched alkanes of at least 4 members (excludes halogenated alkanes) is 2. The number of allylic oxidation sites excluding steroid dienone is 1. The highest BCUT2D eigenvalue weighted by atomic mass is 35.5. The Balaban J connectivity index is 3.00. The molecule has 0 rings (SSSR count). The van der Waals surface area contributed by atoms with Gasteiger partial charge in [-0.1, -0.05) is 29.3 Å². The second-order valence-electron chi connectivity index (χ2n) is 1.68. The Morgan fingerprint density at radius 3 is 2.33 bits per heavy atom. The molecule has 0 aliphatic rings. The Hall–Kier alpha value is 0.610. The molecular weight excluding hydrogens is 178 g/mol. The Bertz CT molecular complexity index is 84.3. The number of hydrogen-bond donors (Lipinski definition) is 0. The van der Waals surface area contributed by atoms with Gasteiger partial charge in [0.25, 0.3) is 0 Å². The second kappa shape index (κ2) is 6.73. The van der Waals surface area contributed by atoms with Gasteiger partial charge in [0.05, 0.1) is 0 Å². The molecule has 9 heavy (non-hydrogen) atoms. The minimum absolute atomic E-state index is 0.351. The lowest BCUT2D eigenvalue weighted by molar-refractivity contribution is 0.820. The molecule has 0 saturated heterocycles. The van der Waals surface area contributed by atoms with E-state index in [2.05, 4.69) is 0 Å². The third-order valence-corrected chi connectivity index (χ3v) is 1.46. The summed E-state index contributed by atoms with van der Waals surface area (Å²) >= 11 is 16.1. The summed E-state index contributed by atoms with van der Waals surface area (Å²) in [6, 6.07) is 0. The molecule has 0 radical (unpaired) electrons. The summed E-state index contributed by atoms with van der Waals surface area (Å²) < 4.78 is 0.351. The summed E-state index contributed by atoms with van der Waals surface area (Å²) in [6.07, 6.45) is 4.80. The van der Waals surface area contributed by atoms with Crippen LogP contribution in [0.15, 0.2) is 10.6 Å². The third-order valence-electron chi connectivity index (χ3n) is 0.886. The topological polar surface area (TPSA) is 0 Å². The SMILES string of the molecule is ClCCCCC=C(Cl)Cl. The summed E-state index contributed by atoms with van der Waals surface area (Å²) in [7, 11) is 0. The fourth-order valence-electron chi connectivity index (χ4n) is 0.450. The summed E-state index contributed by atoms with van der Waals surface area (Å²) in [4.78, 5) is 0. The second-order valence-corrected chi connectivity index (χ2v) is 3.06. The number of alkyl halides is 1. The van der Waals surface area contributed by atoms with Gasteiger partial charge in [-0.25, -0.2) is 0 Å². The molecule has 0 N–H and O–H groups in total. The lowest BCUT2D eigenvalue weighted by atomic mass is 10.2. The molecule has 0 nitrogen and oxygen atoms in total.